The van der Waals surface area contributed by atoms with Gasteiger partial charge in [0, 0.05) is 43.4 Å². The van der Waals surface area contributed by atoms with Crippen LogP contribution in [-0.4, -0.2) is 72.9 Å². The van der Waals surface area contributed by atoms with Gasteiger partial charge in [0.25, 0.3) is 0 Å². The van der Waals surface area contributed by atoms with Crippen molar-refractivity contribution in [3.05, 3.63) is 42.3 Å². The van der Waals surface area contributed by atoms with Gasteiger partial charge < -0.3 is 25.4 Å². The molecule has 0 saturated carbocycles. The highest BCUT2D eigenvalue weighted by Gasteiger charge is 2.32. The first-order valence-corrected chi connectivity index (χ1v) is 11.5. The number of rotatable bonds is 7. The van der Waals surface area contributed by atoms with Gasteiger partial charge in [0.1, 0.15) is 24.3 Å². The van der Waals surface area contributed by atoms with E-state index < -0.39 is 24.6 Å². The summed E-state index contributed by atoms with van der Waals surface area (Å²) in [4.78, 5) is 42.5. The molecule has 0 spiro atoms. The smallest absolute Gasteiger partial charge is 0.414 e. The van der Waals surface area contributed by atoms with E-state index in [4.69, 9.17) is 9.84 Å². The van der Waals surface area contributed by atoms with E-state index in [-0.39, 0.29) is 30.9 Å². The second-order valence-electron chi connectivity index (χ2n) is 8.61. The second kappa shape index (κ2) is 10.7. The largest absolute Gasteiger partial charge is 0.442 e. The number of carbonyl (C=O) groups excluding carboxylic acids is 3. The fourth-order valence-corrected chi connectivity index (χ4v) is 4.26. The lowest BCUT2D eigenvalue weighted by Gasteiger charge is -2.33. The Morgan fingerprint density at radius 1 is 1.23 bits per heavy atom. The Kier molecular flexibility index (Phi) is 7.45. The molecule has 0 bridgehead atoms. The van der Waals surface area contributed by atoms with Gasteiger partial charge >= 0.3 is 6.09 Å². The average molecular weight is 486 g/mol. The first kappa shape index (κ1) is 24.4. The van der Waals surface area contributed by atoms with Crippen molar-refractivity contribution >= 4 is 29.4 Å². The van der Waals surface area contributed by atoms with Crippen molar-refractivity contribution in [3.63, 3.8) is 0 Å². The molecular weight excluding hydrogens is 457 g/mol. The van der Waals surface area contributed by atoms with Crippen LogP contribution in [0.15, 0.2) is 36.5 Å². The summed E-state index contributed by atoms with van der Waals surface area (Å²) in [6, 6.07) is 8.21. The highest BCUT2D eigenvalue weighted by atomic mass is 19.1. The fourth-order valence-electron chi connectivity index (χ4n) is 4.26. The van der Waals surface area contributed by atoms with Crippen LogP contribution in [-0.2, 0) is 14.3 Å². The van der Waals surface area contributed by atoms with Crippen LogP contribution in [0.3, 0.4) is 0 Å². The summed E-state index contributed by atoms with van der Waals surface area (Å²) in [6.45, 7) is 2.70. The molecule has 3 heterocycles. The topological polar surface area (TPSA) is 124 Å². The minimum Gasteiger partial charge on any atom is -0.442 e. The van der Waals surface area contributed by atoms with Crippen LogP contribution in [0.2, 0.25) is 0 Å². The third-order valence-electron chi connectivity index (χ3n) is 6.10. The number of anilines is 2. The minimum atomic E-state index is -0.585. The van der Waals surface area contributed by atoms with Crippen molar-refractivity contribution in [3.8, 4) is 11.1 Å². The number of cyclic esters (lactones) is 1. The number of piperidine rings is 1. The van der Waals surface area contributed by atoms with Crippen LogP contribution in [0.25, 0.3) is 11.1 Å². The summed E-state index contributed by atoms with van der Waals surface area (Å²) in [5.41, 5.74) is 1.35. The summed E-state index contributed by atoms with van der Waals surface area (Å²) in [5, 5.41) is 14.3. The zero-order valence-electron chi connectivity index (χ0n) is 19.4. The maximum absolute atomic E-state index is 15.0. The molecule has 10 nitrogen and oxygen atoms in total. The van der Waals surface area contributed by atoms with Gasteiger partial charge in [-0.15, -0.1) is 0 Å². The number of hydrogen-bond acceptors (Lipinski definition) is 7. The molecule has 1 aromatic carbocycles. The summed E-state index contributed by atoms with van der Waals surface area (Å²) >= 11 is 0. The molecule has 0 unspecified atom stereocenters. The van der Waals surface area contributed by atoms with E-state index in [1.165, 1.54) is 17.9 Å². The molecule has 1 atom stereocenters. The third-order valence-corrected chi connectivity index (χ3v) is 6.10. The number of hydrogen-bond donors (Lipinski definition) is 3. The van der Waals surface area contributed by atoms with Gasteiger partial charge in [-0.05, 0) is 43.2 Å². The van der Waals surface area contributed by atoms with Crippen molar-refractivity contribution in [2.24, 2.45) is 0 Å². The van der Waals surface area contributed by atoms with E-state index in [2.05, 4.69) is 20.5 Å². The normalized spacial score (nSPS) is 18.4. The van der Waals surface area contributed by atoms with Crippen LogP contribution in [0.1, 0.15) is 19.8 Å². The Morgan fingerprint density at radius 2 is 2.00 bits per heavy atom. The summed E-state index contributed by atoms with van der Waals surface area (Å²) in [5.74, 6) is -0.311. The monoisotopic (exact) mass is 485 g/mol. The van der Waals surface area contributed by atoms with Crippen molar-refractivity contribution in [1.82, 2.24) is 15.6 Å². The molecule has 2 fully saturated rings. The molecule has 2 saturated heterocycles. The van der Waals surface area contributed by atoms with Crippen molar-refractivity contribution in [1.29, 1.82) is 0 Å². The Bertz CT molecular complexity index is 1090. The molecule has 1 aromatic heterocycles. The van der Waals surface area contributed by atoms with Crippen LogP contribution < -0.4 is 20.4 Å². The molecule has 11 heteroatoms. The Hall–Kier alpha value is -3.73. The van der Waals surface area contributed by atoms with Gasteiger partial charge in [0.2, 0.25) is 11.8 Å². The number of nitrogens with zero attached hydrogens (tertiary/aromatic N) is 3. The van der Waals surface area contributed by atoms with E-state index >= 15 is 0 Å². The van der Waals surface area contributed by atoms with E-state index in [0.29, 0.717) is 29.9 Å². The first-order valence-electron chi connectivity index (χ1n) is 11.5. The summed E-state index contributed by atoms with van der Waals surface area (Å²) in [7, 11) is 0. The van der Waals surface area contributed by atoms with Crippen molar-refractivity contribution in [2.45, 2.75) is 31.9 Å². The molecule has 35 heavy (non-hydrogen) atoms. The standard InChI is InChI=1S/C24H28FN5O5/c1-15(32)26-12-19-13-30(24(34)35-19)18-3-4-20(21(25)10-18)16-2-5-22(27-11-16)29-8-6-17(7-9-29)28-23(33)14-31/h2-5,10-11,17,19,31H,6-9,12-14H2,1H3,(H,26,32)(H,28,33)/t19-/m0/s1. The molecule has 4 rings (SSSR count). The summed E-state index contributed by atoms with van der Waals surface area (Å²) < 4.78 is 20.2. The lowest BCUT2D eigenvalue weighted by atomic mass is 10.0. The van der Waals surface area contributed by atoms with Crippen LogP contribution in [0.5, 0.6) is 0 Å². The molecule has 3 N–H and O–H groups in total. The Labute approximate surface area is 202 Å². The SMILES string of the molecule is CC(=O)NC[C@H]1CN(c2ccc(-c3ccc(N4CCC(NC(=O)CO)CC4)nc3)c(F)c2)C(=O)O1. The van der Waals surface area contributed by atoms with Crippen LogP contribution in [0, 0.1) is 5.82 Å². The van der Waals surface area contributed by atoms with Crippen molar-refractivity contribution < 1.29 is 28.6 Å². The lowest BCUT2D eigenvalue weighted by Crippen LogP contribution is -2.45. The number of ether oxygens (including phenoxy) is 1. The quantitative estimate of drug-likeness (QED) is 0.542. The molecule has 0 aliphatic carbocycles. The zero-order chi connectivity index (χ0) is 24.9. The van der Waals surface area contributed by atoms with Gasteiger partial charge in [-0.2, -0.15) is 0 Å². The molecule has 2 aliphatic rings. The predicted octanol–water partition coefficient (Wildman–Crippen LogP) is 1.43. The van der Waals surface area contributed by atoms with E-state index in [0.717, 1.165) is 18.7 Å². The van der Waals surface area contributed by atoms with E-state index in [9.17, 15) is 18.8 Å². The summed E-state index contributed by atoms with van der Waals surface area (Å²) in [6.07, 6.45) is 2.02. The highest BCUT2D eigenvalue weighted by Crippen LogP contribution is 2.30. The van der Waals surface area contributed by atoms with Crippen LogP contribution in [0.4, 0.5) is 20.7 Å². The molecule has 3 amide bonds. The lowest BCUT2D eigenvalue weighted by molar-refractivity contribution is -0.124. The highest BCUT2D eigenvalue weighted by molar-refractivity contribution is 5.90. The number of benzene rings is 1. The predicted molar refractivity (Wildman–Crippen MR) is 126 cm³/mol. The van der Waals surface area contributed by atoms with Gasteiger partial charge in [-0.3, -0.25) is 14.5 Å². The molecule has 186 valence electrons. The minimum absolute atomic E-state index is 0.0337. The fraction of sp³-hybridized carbons (Fsp3) is 0.417. The maximum Gasteiger partial charge on any atom is 0.414 e. The second-order valence-corrected chi connectivity index (χ2v) is 8.61. The molecule has 2 aromatic rings. The maximum atomic E-state index is 15.0. The van der Waals surface area contributed by atoms with Gasteiger partial charge in [-0.1, -0.05) is 0 Å². The zero-order valence-corrected chi connectivity index (χ0v) is 19.4. The molecule has 0 radical (unpaired) electrons. The number of aromatic nitrogens is 1. The Balaban J connectivity index is 1.38. The Morgan fingerprint density at radius 3 is 2.63 bits per heavy atom. The number of nitrogens with one attached hydrogen (secondary N) is 2. The van der Waals surface area contributed by atoms with Gasteiger partial charge in [0.05, 0.1) is 18.8 Å². The number of aliphatic hydroxyl groups excluding tert-OH is 1. The number of halogens is 1. The average Bonchev–Trinajstić information content (AvgIpc) is 3.23. The van der Waals surface area contributed by atoms with Crippen LogP contribution >= 0.6 is 0 Å². The number of pyridine rings is 1. The number of aliphatic hydroxyl groups is 1. The number of amides is 3. The van der Waals surface area contributed by atoms with Gasteiger partial charge in [-0.25, -0.2) is 14.2 Å². The van der Waals surface area contributed by atoms with E-state index in [1.54, 1.807) is 24.4 Å². The van der Waals surface area contributed by atoms with E-state index in [1.807, 2.05) is 6.07 Å². The van der Waals surface area contributed by atoms with Crippen molar-refractivity contribution in [2.75, 3.05) is 42.6 Å². The third kappa shape index (κ3) is 5.86. The van der Waals surface area contributed by atoms with Gasteiger partial charge in [0.15, 0.2) is 0 Å². The molecule has 2 aliphatic heterocycles. The molecular formula is C24H28FN5O5. The number of carbonyl (C=O) groups is 3. The first-order chi connectivity index (χ1) is 16.8.